The van der Waals surface area contributed by atoms with E-state index >= 15 is 0 Å². The maximum absolute atomic E-state index is 13.4. The van der Waals surface area contributed by atoms with E-state index in [2.05, 4.69) is 5.32 Å². The van der Waals surface area contributed by atoms with Crippen molar-refractivity contribution < 1.29 is 9.13 Å². The Bertz CT molecular complexity index is 586. The molecule has 0 saturated heterocycles. The lowest BCUT2D eigenvalue weighted by Gasteiger charge is -2.14. The number of ether oxygens (including phenoxy) is 1. The Morgan fingerprint density at radius 1 is 1.21 bits per heavy atom. The molecule has 2 aromatic carbocycles. The highest BCUT2D eigenvalue weighted by Gasteiger charge is 2.09. The average Bonchev–Trinajstić information content (AvgIpc) is 2.41. The molecule has 0 aliphatic heterocycles. The topological polar surface area (TPSA) is 21.3 Å². The summed E-state index contributed by atoms with van der Waals surface area (Å²) in [6, 6.07) is 10.4. The van der Waals surface area contributed by atoms with Gasteiger partial charge in [0.2, 0.25) is 0 Å². The first-order valence-corrected chi connectivity index (χ1v) is 6.34. The largest absolute Gasteiger partial charge is 0.485 e. The van der Waals surface area contributed by atoms with Crippen molar-refractivity contribution in [3.63, 3.8) is 0 Å². The van der Waals surface area contributed by atoms with Crippen LogP contribution >= 0.6 is 11.6 Å². The van der Waals surface area contributed by atoms with Gasteiger partial charge in [-0.2, -0.15) is 0 Å². The second-order valence-corrected chi connectivity index (χ2v) is 4.59. The van der Waals surface area contributed by atoms with Crippen LogP contribution < -0.4 is 10.1 Å². The number of anilines is 1. The highest BCUT2D eigenvalue weighted by Crippen LogP contribution is 2.33. The van der Waals surface area contributed by atoms with E-state index in [1.807, 2.05) is 18.2 Å². The fourth-order valence-corrected chi connectivity index (χ4v) is 2.04. The molecule has 0 fully saturated rings. The zero-order valence-corrected chi connectivity index (χ0v) is 11.6. The molecule has 0 spiro atoms. The number of benzene rings is 2. The van der Waals surface area contributed by atoms with E-state index in [1.165, 1.54) is 6.07 Å². The molecule has 0 radical (unpaired) electrons. The van der Waals surface area contributed by atoms with E-state index in [9.17, 15) is 4.39 Å². The molecule has 4 heteroatoms. The van der Waals surface area contributed by atoms with Gasteiger partial charge in [-0.25, -0.2) is 4.39 Å². The van der Waals surface area contributed by atoms with Crippen LogP contribution in [0.25, 0.3) is 0 Å². The van der Waals surface area contributed by atoms with Gasteiger partial charge in [0.25, 0.3) is 0 Å². The summed E-state index contributed by atoms with van der Waals surface area (Å²) in [5.74, 6) is 0.351. The molecule has 2 aromatic rings. The average molecular weight is 280 g/mol. The third kappa shape index (κ3) is 2.99. The van der Waals surface area contributed by atoms with Crippen LogP contribution in [0, 0.1) is 12.7 Å². The van der Waals surface area contributed by atoms with Crippen molar-refractivity contribution in [1.82, 2.24) is 0 Å². The van der Waals surface area contributed by atoms with E-state index in [0.29, 0.717) is 16.3 Å². The standard InChI is InChI=1S/C15H15ClFNO/c1-10-11(5-3-7-13(10)17)9-19-15-12(16)6-4-8-14(15)18-2/h3-8,18H,9H2,1-2H3. The van der Waals surface area contributed by atoms with E-state index in [-0.39, 0.29) is 12.4 Å². The summed E-state index contributed by atoms with van der Waals surface area (Å²) in [5, 5.41) is 3.54. The minimum absolute atomic E-state index is 0.228. The van der Waals surface area contributed by atoms with Crippen LogP contribution in [0.2, 0.25) is 5.02 Å². The van der Waals surface area contributed by atoms with Gasteiger partial charge >= 0.3 is 0 Å². The van der Waals surface area contributed by atoms with Crippen LogP contribution in [-0.2, 0) is 6.61 Å². The Morgan fingerprint density at radius 3 is 2.68 bits per heavy atom. The Morgan fingerprint density at radius 2 is 1.95 bits per heavy atom. The molecule has 0 aliphatic carbocycles. The molecule has 0 unspecified atom stereocenters. The molecule has 0 atom stereocenters. The Kier molecular flexibility index (Phi) is 4.27. The van der Waals surface area contributed by atoms with E-state index in [1.54, 1.807) is 26.1 Å². The summed E-state index contributed by atoms with van der Waals surface area (Å²) in [6.07, 6.45) is 0. The first kappa shape index (κ1) is 13.7. The molecule has 0 aromatic heterocycles. The molecular weight excluding hydrogens is 265 g/mol. The molecule has 19 heavy (non-hydrogen) atoms. The van der Waals surface area contributed by atoms with E-state index in [4.69, 9.17) is 16.3 Å². The van der Waals surface area contributed by atoms with Crippen molar-refractivity contribution in [3.05, 3.63) is 58.4 Å². The molecule has 100 valence electrons. The third-order valence-electron chi connectivity index (χ3n) is 2.99. The summed E-state index contributed by atoms with van der Waals surface area (Å²) in [5.41, 5.74) is 2.21. The molecule has 0 amide bonds. The lowest BCUT2D eigenvalue weighted by atomic mass is 10.1. The van der Waals surface area contributed by atoms with Crippen molar-refractivity contribution in [2.75, 3.05) is 12.4 Å². The fourth-order valence-electron chi connectivity index (χ4n) is 1.81. The van der Waals surface area contributed by atoms with Crippen molar-refractivity contribution in [3.8, 4) is 5.75 Å². The van der Waals surface area contributed by atoms with Gasteiger partial charge in [0.05, 0.1) is 10.7 Å². The van der Waals surface area contributed by atoms with Gasteiger partial charge in [-0.05, 0) is 36.2 Å². The lowest BCUT2D eigenvalue weighted by molar-refractivity contribution is 0.306. The number of para-hydroxylation sites is 1. The van der Waals surface area contributed by atoms with Crippen LogP contribution in [0.1, 0.15) is 11.1 Å². The summed E-state index contributed by atoms with van der Waals surface area (Å²) >= 11 is 6.11. The lowest BCUT2D eigenvalue weighted by Crippen LogP contribution is -2.02. The predicted molar refractivity (Wildman–Crippen MR) is 76.5 cm³/mol. The van der Waals surface area contributed by atoms with Gasteiger partial charge in [0, 0.05) is 7.05 Å². The quantitative estimate of drug-likeness (QED) is 0.895. The van der Waals surface area contributed by atoms with Gasteiger partial charge in [-0.15, -0.1) is 0 Å². The molecule has 1 N–H and O–H groups in total. The highest BCUT2D eigenvalue weighted by atomic mass is 35.5. The fraction of sp³-hybridized carbons (Fsp3) is 0.200. The number of halogens is 2. The molecule has 2 nitrogen and oxygen atoms in total. The molecule has 0 heterocycles. The Hall–Kier alpha value is -1.74. The van der Waals surface area contributed by atoms with Crippen LogP contribution in [0.15, 0.2) is 36.4 Å². The van der Waals surface area contributed by atoms with Crippen molar-refractivity contribution in [2.24, 2.45) is 0 Å². The molecular formula is C15H15ClFNO. The maximum atomic E-state index is 13.4. The SMILES string of the molecule is CNc1cccc(Cl)c1OCc1cccc(F)c1C. The van der Waals surface area contributed by atoms with Crippen LogP contribution in [-0.4, -0.2) is 7.05 Å². The van der Waals surface area contributed by atoms with Gasteiger partial charge < -0.3 is 10.1 Å². The molecule has 0 bridgehead atoms. The number of hydrogen-bond donors (Lipinski definition) is 1. The number of rotatable bonds is 4. The summed E-state index contributed by atoms with van der Waals surface area (Å²) in [4.78, 5) is 0. The Labute approximate surface area is 117 Å². The molecule has 2 rings (SSSR count). The van der Waals surface area contributed by atoms with Gasteiger partial charge in [0.1, 0.15) is 12.4 Å². The third-order valence-corrected chi connectivity index (χ3v) is 3.29. The summed E-state index contributed by atoms with van der Waals surface area (Å²) in [6.45, 7) is 2.02. The summed E-state index contributed by atoms with van der Waals surface area (Å²) in [7, 11) is 1.80. The predicted octanol–water partition coefficient (Wildman–Crippen LogP) is 4.41. The summed E-state index contributed by atoms with van der Waals surface area (Å²) < 4.78 is 19.2. The first-order chi connectivity index (χ1) is 9.13. The minimum Gasteiger partial charge on any atom is -0.485 e. The monoisotopic (exact) mass is 279 g/mol. The van der Waals surface area contributed by atoms with E-state index < -0.39 is 0 Å². The van der Waals surface area contributed by atoms with Crippen molar-refractivity contribution in [2.45, 2.75) is 13.5 Å². The van der Waals surface area contributed by atoms with E-state index in [0.717, 1.165) is 11.3 Å². The van der Waals surface area contributed by atoms with Crippen LogP contribution in [0.5, 0.6) is 5.75 Å². The smallest absolute Gasteiger partial charge is 0.161 e. The van der Waals surface area contributed by atoms with Crippen molar-refractivity contribution in [1.29, 1.82) is 0 Å². The second kappa shape index (κ2) is 5.93. The van der Waals surface area contributed by atoms with Crippen LogP contribution in [0.4, 0.5) is 10.1 Å². The van der Waals surface area contributed by atoms with Crippen LogP contribution in [0.3, 0.4) is 0 Å². The Balaban J connectivity index is 2.21. The maximum Gasteiger partial charge on any atom is 0.161 e. The molecule has 0 aliphatic rings. The second-order valence-electron chi connectivity index (χ2n) is 4.18. The van der Waals surface area contributed by atoms with Gasteiger partial charge in [0.15, 0.2) is 5.75 Å². The normalized spacial score (nSPS) is 10.3. The molecule has 0 saturated carbocycles. The van der Waals surface area contributed by atoms with Gasteiger partial charge in [-0.1, -0.05) is 29.8 Å². The first-order valence-electron chi connectivity index (χ1n) is 5.96. The number of hydrogen-bond acceptors (Lipinski definition) is 2. The zero-order chi connectivity index (χ0) is 13.8. The number of nitrogens with one attached hydrogen (secondary N) is 1. The van der Waals surface area contributed by atoms with Gasteiger partial charge in [-0.3, -0.25) is 0 Å². The zero-order valence-electron chi connectivity index (χ0n) is 10.8. The van der Waals surface area contributed by atoms with Crippen molar-refractivity contribution >= 4 is 17.3 Å². The highest BCUT2D eigenvalue weighted by molar-refractivity contribution is 6.32. The minimum atomic E-state index is -0.228.